The molecule has 1 heterocycles. The molecule has 0 saturated heterocycles. The van der Waals surface area contributed by atoms with Crippen LogP contribution in [-0.2, 0) is 6.54 Å². The van der Waals surface area contributed by atoms with Crippen LogP contribution in [0.3, 0.4) is 0 Å². The maximum atomic E-state index is 12.1. The number of nitro groups is 1. The van der Waals surface area contributed by atoms with Crippen LogP contribution in [0.15, 0.2) is 6.07 Å². The Bertz CT molecular complexity index is 464. The van der Waals surface area contributed by atoms with Gasteiger partial charge in [-0.1, -0.05) is 0 Å². The zero-order chi connectivity index (χ0) is 13.9. The van der Waals surface area contributed by atoms with Crippen LogP contribution < -0.4 is 15.2 Å². The molecular formula is C8H8F3N3O4. The van der Waals surface area contributed by atoms with Crippen molar-refractivity contribution in [3.63, 3.8) is 0 Å². The molecule has 1 aromatic rings. The van der Waals surface area contributed by atoms with E-state index in [9.17, 15) is 23.3 Å². The summed E-state index contributed by atoms with van der Waals surface area (Å²) in [6.07, 6.45) is -4.98. The molecule has 0 radical (unpaired) electrons. The molecule has 0 atom stereocenters. The average Bonchev–Trinajstić information content (AvgIpc) is 2.25. The smallest absolute Gasteiger partial charge is 0.491 e. The summed E-state index contributed by atoms with van der Waals surface area (Å²) in [5.74, 6) is -1.42. The molecule has 0 unspecified atom stereocenters. The van der Waals surface area contributed by atoms with Gasteiger partial charge in [0.2, 0.25) is 0 Å². The highest BCUT2D eigenvalue weighted by Crippen LogP contribution is 2.34. The van der Waals surface area contributed by atoms with Crippen molar-refractivity contribution >= 4 is 5.69 Å². The lowest BCUT2D eigenvalue weighted by atomic mass is 10.3. The van der Waals surface area contributed by atoms with Gasteiger partial charge in [-0.25, -0.2) is 4.98 Å². The Morgan fingerprint density at radius 1 is 1.56 bits per heavy atom. The molecule has 0 aliphatic heterocycles. The van der Waals surface area contributed by atoms with Crippen LogP contribution >= 0.6 is 0 Å². The van der Waals surface area contributed by atoms with E-state index in [1.807, 2.05) is 0 Å². The molecule has 0 amide bonds. The highest BCUT2D eigenvalue weighted by Gasteiger charge is 2.34. The number of ether oxygens (including phenoxy) is 2. The van der Waals surface area contributed by atoms with Crippen molar-refractivity contribution in [1.29, 1.82) is 0 Å². The number of nitrogens with two attached hydrogens (primary N) is 1. The molecular weight excluding hydrogens is 259 g/mol. The fourth-order valence-electron chi connectivity index (χ4n) is 1.14. The van der Waals surface area contributed by atoms with Crippen molar-refractivity contribution in [1.82, 2.24) is 4.98 Å². The van der Waals surface area contributed by atoms with Crippen LogP contribution in [0.5, 0.6) is 11.6 Å². The number of methoxy groups -OCH3 is 1. The second kappa shape index (κ2) is 5.04. The molecule has 100 valence electrons. The van der Waals surface area contributed by atoms with Crippen molar-refractivity contribution in [2.24, 2.45) is 5.73 Å². The van der Waals surface area contributed by atoms with Gasteiger partial charge in [0.25, 0.3) is 11.6 Å². The van der Waals surface area contributed by atoms with Gasteiger partial charge in [0, 0.05) is 6.54 Å². The lowest BCUT2D eigenvalue weighted by Crippen LogP contribution is -2.19. The molecule has 10 heteroatoms. The number of rotatable bonds is 4. The summed E-state index contributed by atoms with van der Waals surface area (Å²) >= 11 is 0. The van der Waals surface area contributed by atoms with E-state index in [0.717, 1.165) is 13.2 Å². The van der Waals surface area contributed by atoms with E-state index in [1.54, 1.807) is 0 Å². The first-order valence-electron chi connectivity index (χ1n) is 4.46. The molecule has 0 fully saturated rings. The first-order chi connectivity index (χ1) is 8.28. The van der Waals surface area contributed by atoms with Gasteiger partial charge in [0.15, 0.2) is 5.75 Å². The predicted octanol–water partition coefficient (Wildman–Crippen LogP) is 1.36. The highest BCUT2D eigenvalue weighted by molar-refractivity contribution is 5.47. The summed E-state index contributed by atoms with van der Waals surface area (Å²) in [5.41, 5.74) is 4.30. The van der Waals surface area contributed by atoms with Crippen LogP contribution in [0.1, 0.15) is 5.69 Å². The van der Waals surface area contributed by atoms with Crippen molar-refractivity contribution in [3.05, 3.63) is 21.9 Å². The lowest BCUT2D eigenvalue weighted by molar-refractivity contribution is -0.386. The highest BCUT2D eigenvalue weighted by atomic mass is 19.4. The molecule has 0 bridgehead atoms. The minimum Gasteiger partial charge on any atom is -0.491 e. The third kappa shape index (κ3) is 3.20. The SMILES string of the molecule is COc1cc([N+](=O)[O-])c(CN)nc1OC(F)(F)F. The minimum atomic E-state index is -4.98. The molecule has 0 aliphatic carbocycles. The van der Waals surface area contributed by atoms with Gasteiger partial charge in [-0.2, -0.15) is 0 Å². The van der Waals surface area contributed by atoms with Gasteiger partial charge >= 0.3 is 6.36 Å². The van der Waals surface area contributed by atoms with Gasteiger partial charge in [0.1, 0.15) is 5.69 Å². The fourth-order valence-corrected chi connectivity index (χ4v) is 1.14. The van der Waals surface area contributed by atoms with E-state index in [4.69, 9.17) is 5.73 Å². The second-order valence-corrected chi connectivity index (χ2v) is 2.97. The third-order valence-corrected chi connectivity index (χ3v) is 1.83. The summed E-state index contributed by atoms with van der Waals surface area (Å²) in [6, 6.07) is 0.774. The monoisotopic (exact) mass is 267 g/mol. The van der Waals surface area contributed by atoms with E-state index in [2.05, 4.69) is 14.5 Å². The fraction of sp³-hybridized carbons (Fsp3) is 0.375. The number of alkyl halides is 3. The molecule has 7 nitrogen and oxygen atoms in total. The number of nitrogens with zero attached hydrogens (tertiary/aromatic N) is 2. The normalized spacial score (nSPS) is 11.2. The molecule has 0 spiro atoms. The number of hydrogen-bond acceptors (Lipinski definition) is 6. The Balaban J connectivity index is 3.30. The maximum absolute atomic E-state index is 12.1. The first-order valence-corrected chi connectivity index (χ1v) is 4.46. The van der Waals surface area contributed by atoms with Gasteiger partial charge in [-0.15, -0.1) is 13.2 Å². The largest absolute Gasteiger partial charge is 0.574 e. The molecule has 0 saturated carbocycles. The molecule has 0 aromatic carbocycles. The maximum Gasteiger partial charge on any atom is 0.574 e. The lowest BCUT2D eigenvalue weighted by Gasteiger charge is -2.12. The van der Waals surface area contributed by atoms with Gasteiger partial charge in [0.05, 0.1) is 18.1 Å². The minimum absolute atomic E-state index is 0.333. The Morgan fingerprint density at radius 3 is 2.56 bits per heavy atom. The summed E-state index contributed by atoms with van der Waals surface area (Å²) < 4.78 is 44.3. The Hall–Kier alpha value is -2.10. The first kappa shape index (κ1) is 14.0. The second-order valence-electron chi connectivity index (χ2n) is 2.97. The molecule has 0 aliphatic rings. The molecule has 2 N–H and O–H groups in total. The van der Waals surface area contributed by atoms with E-state index < -0.39 is 35.1 Å². The number of halogens is 3. The van der Waals surface area contributed by atoms with Crippen LogP contribution in [0.25, 0.3) is 0 Å². The zero-order valence-electron chi connectivity index (χ0n) is 9.02. The Morgan fingerprint density at radius 2 is 2.17 bits per heavy atom. The summed E-state index contributed by atoms with van der Waals surface area (Å²) in [7, 11) is 1.03. The molecule has 18 heavy (non-hydrogen) atoms. The van der Waals surface area contributed by atoms with Crippen LogP contribution in [-0.4, -0.2) is 23.4 Å². The summed E-state index contributed by atoms with van der Waals surface area (Å²) in [6.45, 7) is -0.408. The third-order valence-electron chi connectivity index (χ3n) is 1.83. The molecule has 1 rings (SSSR count). The number of aromatic nitrogens is 1. The standard InChI is InChI=1S/C8H8F3N3O4/c1-17-6-2-5(14(15)16)4(3-12)13-7(6)18-8(9,10)11/h2H,3,12H2,1H3. The van der Waals surface area contributed by atoms with Gasteiger partial charge < -0.3 is 15.2 Å². The quantitative estimate of drug-likeness (QED) is 0.652. The summed E-state index contributed by atoms with van der Waals surface area (Å²) in [5, 5.41) is 10.6. The van der Waals surface area contributed by atoms with Crippen molar-refractivity contribution in [2.45, 2.75) is 12.9 Å². The molecule has 1 aromatic heterocycles. The van der Waals surface area contributed by atoms with E-state index in [0.29, 0.717) is 0 Å². The Labute approximate surface area is 98.5 Å². The van der Waals surface area contributed by atoms with Crippen LogP contribution in [0, 0.1) is 10.1 Å². The van der Waals surface area contributed by atoms with Crippen molar-refractivity contribution in [2.75, 3.05) is 7.11 Å². The number of hydrogen-bond donors (Lipinski definition) is 1. The van der Waals surface area contributed by atoms with E-state index in [-0.39, 0.29) is 5.69 Å². The topological polar surface area (TPSA) is 101 Å². The predicted molar refractivity (Wildman–Crippen MR) is 52.0 cm³/mol. The van der Waals surface area contributed by atoms with Gasteiger partial charge in [-0.05, 0) is 0 Å². The Kier molecular flexibility index (Phi) is 3.91. The van der Waals surface area contributed by atoms with Crippen molar-refractivity contribution < 1.29 is 27.6 Å². The van der Waals surface area contributed by atoms with Crippen LogP contribution in [0.4, 0.5) is 18.9 Å². The van der Waals surface area contributed by atoms with Gasteiger partial charge in [-0.3, -0.25) is 10.1 Å². The summed E-state index contributed by atoms with van der Waals surface area (Å²) in [4.78, 5) is 13.1. The number of pyridine rings is 1. The van der Waals surface area contributed by atoms with Crippen LogP contribution in [0.2, 0.25) is 0 Å². The van der Waals surface area contributed by atoms with Crippen molar-refractivity contribution in [3.8, 4) is 11.6 Å². The van der Waals surface area contributed by atoms with E-state index in [1.165, 1.54) is 0 Å². The van der Waals surface area contributed by atoms with E-state index >= 15 is 0 Å². The average molecular weight is 267 g/mol. The zero-order valence-corrected chi connectivity index (χ0v) is 9.02.